The number of anilines is 1. The van der Waals surface area contributed by atoms with E-state index in [-0.39, 0.29) is 16.7 Å². The zero-order valence-electron chi connectivity index (χ0n) is 14.1. The second kappa shape index (κ2) is 7.92. The predicted molar refractivity (Wildman–Crippen MR) is 98.9 cm³/mol. The molecule has 9 heteroatoms. The van der Waals surface area contributed by atoms with E-state index in [0.29, 0.717) is 23.2 Å². The van der Waals surface area contributed by atoms with Crippen molar-refractivity contribution in [2.45, 2.75) is 25.5 Å². The van der Waals surface area contributed by atoms with E-state index in [1.165, 1.54) is 23.9 Å². The maximum absolute atomic E-state index is 13.1. The van der Waals surface area contributed by atoms with Gasteiger partial charge in [0.1, 0.15) is 11.6 Å². The van der Waals surface area contributed by atoms with Crippen LogP contribution in [0.2, 0.25) is 5.02 Å². The number of benzene rings is 1. The van der Waals surface area contributed by atoms with E-state index in [9.17, 15) is 9.18 Å². The molecule has 0 bridgehead atoms. The van der Waals surface area contributed by atoms with Crippen LogP contribution in [-0.4, -0.2) is 26.4 Å². The van der Waals surface area contributed by atoms with Crippen molar-refractivity contribution in [2.75, 3.05) is 11.1 Å². The highest BCUT2D eigenvalue weighted by atomic mass is 35.5. The first-order valence-electron chi connectivity index (χ1n) is 7.85. The van der Waals surface area contributed by atoms with Crippen LogP contribution in [0.3, 0.4) is 0 Å². The molecule has 0 radical (unpaired) electrons. The Morgan fingerprint density at radius 2 is 2.19 bits per heavy atom. The molecule has 0 saturated carbocycles. The number of hydrogen-bond donors (Lipinski definition) is 1. The van der Waals surface area contributed by atoms with Gasteiger partial charge in [-0.3, -0.25) is 4.79 Å². The topological polar surface area (TPSA) is 73.0 Å². The molecular weight excluding hydrogens is 379 g/mol. The molecule has 0 spiro atoms. The van der Waals surface area contributed by atoms with Crippen molar-refractivity contribution in [3.05, 3.63) is 47.1 Å². The van der Waals surface area contributed by atoms with Crippen LogP contribution in [0.15, 0.2) is 40.1 Å². The summed E-state index contributed by atoms with van der Waals surface area (Å²) in [5.41, 5.74) is 1.24. The number of aryl methyl sites for hydroxylation is 1. The van der Waals surface area contributed by atoms with Crippen LogP contribution in [0, 0.1) is 12.7 Å². The second-order valence-corrected chi connectivity index (χ2v) is 6.75. The van der Waals surface area contributed by atoms with Crippen molar-refractivity contribution in [1.29, 1.82) is 0 Å². The lowest BCUT2D eigenvalue weighted by molar-refractivity contribution is -0.113. The monoisotopic (exact) mass is 394 g/mol. The van der Waals surface area contributed by atoms with Gasteiger partial charge in [-0.05, 0) is 38.1 Å². The summed E-state index contributed by atoms with van der Waals surface area (Å²) in [6, 6.07) is 5.65. The molecule has 3 aromatic rings. The lowest BCUT2D eigenvalue weighted by atomic mass is 10.2. The lowest BCUT2D eigenvalue weighted by Crippen LogP contribution is -2.15. The van der Waals surface area contributed by atoms with E-state index >= 15 is 0 Å². The summed E-state index contributed by atoms with van der Waals surface area (Å²) < 4.78 is 20.3. The molecule has 0 aliphatic rings. The smallest absolute Gasteiger partial charge is 0.234 e. The third-order valence-electron chi connectivity index (χ3n) is 3.67. The highest BCUT2D eigenvalue weighted by molar-refractivity contribution is 7.99. The quantitative estimate of drug-likeness (QED) is 0.628. The minimum Gasteiger partial charge on any atom is -0.469 e. The third kappa shape index (κ3) is 3.91. The van der Waals surface area contributed by atoms with E-state index in [1.807, 2.05) is 24.5 Å². The van der Waals surface area contributed by atoms with Crippen LogP contribution < -0.4 is 5.32 Å². The normalized spacial score (nSPS) is 10.9. The number of carbonyl (C=O) groups is 1. The molecule has 136 valence electrons. The summed E-state index contributed by atoms with van der Waals surface area (Å²) in [4.78, 5) is 12.2. The summed E-state index contributed by atoms with van der Waals surface area (Å²) in [6.45, 7) is 4.49. The number of carbonyl (C=O) groups excluding carboxylic acids is 1. The Labute approximate surface area is 158 Å². The average molecular weight is 395 g/mol. The standard InChI is InChI=1S/C17H16ClFN4O2S/c1-3-23-16(12-6-7-25-10(12)2)21-22-17(23)26-9-15(24)20-14-5-4-11(19)8-13(14)18/h4-8H,3,9H2,1-2H3,(H,20,24). The Hall–Kier alpha value is -2.32. The van der Waals surface area contributed by atoms with Crippen LogP contribution in [0.4, 0.5) is 10.1 Å². The van der Waals surface area contributed by atoms with Gasteiger partial charge in [-0.25, -0.2) is 4.39 Å². The molecule has 0 atom stereocenters. The van der Waals surface area contributed by atoms with Gasteiger partial charge < -0.3 is 14.3 Å². The van der Waals surface area contributed by atoms with Crippen molar-refractivity contribution in [1.82, 2.24) is 14.8 Å². The molecule has 2 aromatic heterocycles. The fourth-order valence-corrected chi connectivity index (χ4v) is 3.42. The van der Waals surface area contributed by atoms with Crippen molar-refractivity contribution < 1.29 is 13.6 Å². The van der Waals surface area contributed by atoms with Gasteiger partial charge in [-0.2, -0.15) is 0 Å². The lowest BCUT2D eigenvalue weighted by Gasteiger charge is -2.08. The number of halogens is 2. The van der Waals surface area contributed by atoms with E-state index < -0.39 is 5.82 Å². The number of rotatable bonds is 6. The number of thioether (sulfide) groups is 1. The van der Waals surface area contributed by atoms with Gasteiger partial charge in [-0.1, -0.05) is 23.4 Å². The van der Waals surface area contributed by atoms with Crippen LogP contribution in [0.25, 0.3) is 11.4 Å². The number of furan rings is 1. The molecule has 0 fully saturated rings. The summed E-state index contributed by atoms with van der Waals surface area (Å²) in [7, 11) is 0. The number of nitrogens with zero attached hydrogens (tertiary/aromatic N) is 3. The maximum atomic E-state index is 13.1. The van der Waals surface area contributed by atoms with Gasteiger partial charge in [0.25, 0.3) is 0 Å². The minimum absolute atomic E-state index is 0.121. The van der Waals surface area contributed by atoms with Crippen LogP contribution >= 0.6 is 23.4 Å². The first-order chi connectivity index (χ1) is 12.5. The summed E-state index contributed by atoms with van der Waals surface area (Å²) in [5.74, 6) is 0.849. The number of amides is 1. The molecule has 6 nitrogen and oxygen atoms in total. The third-order valence-corrected chi connectivity index (χ3v) is 4.95. The predicted octanol–water partition coefficient (Wildman–Crippen LogP) is 4.39. The molecule has 3 rings (SSSR count). The highest BCUT2D eigenvalue weighted by Gasteiger charge is 2.17. The molecular formula is C17H16ClFN4O2S. The molecule has 1 aromatic carbocycles. The molecule has 0 saturated heterocycles. The van der Waals surface area contributed by atoms with E-state index in [2.05, 4.69) is 15.5 Å². The molecule has 0 aliphatic heterocycles. The summed E-state index contributed by atoms with van der Waals surface area (Å²) >= 11 is 7.18. The maximum Gasteiger partial charge on any atom is 0.234 e. The van der Waals surface area contributed by atoms with Crippen LogP contribution in [-0.2, 0) is 11.3 Å². The Balaban J connectivity index is 1.69. The van der Waals surface area contributed by atoms with Crippen molar-refractivity contribution in [2.24, 2.45) is 0 Å². The minimum atomic E-state index is -0.458. The average Bonchev–Trinajstić information content (AvgIpc) is 3.20. The Kier molecular flexibility index (Phi) is 5.63. The van der Waals surface area contributed by atoms with E-state index in [0.717, 1.165) is 17.4 Å². The fraction of sp³-hybridized carbons (Fsp3) is 0.235. The van der Waals surface area contributed by atoms with Crippen molar-refractivity contribution >= 4 is 35.0 Å². The molecule has 0 unspecified atom stereocenters. The number of nitrogens with one attached hydrogen (secondary N) is 1. The fourth-order valence-electron chi connectivity index (χ4n) is 2.40. The zero-order chi connectivity index (χ0) is 18.7. The van der Waals surface area contributed by atoms with Gasteiger partial charge in [0, 0.05) is 6.54 Å². The molecule has 1 amide bonds. The number of aromatic nitrogens is 3. The Morgan fingerprint density at radius 3 is 2.85 bits per heavy atom. The second-order valence-electron chi connectivity index (χ2n) is 5.40. The SMILES string of the molecule is CCn1c(SCC(=O)Nc2ccc(F)cc2Cl)nnc1-c1ccoc1C. The molecule has 26 heavy (non-hydrogen) atoms. The van der Waals surface area contributed by atoms with Gasteiger partial charge >= 0.3 is 0 Å². The Bertz CT molecular complexity index is 941. The van der Waals surface area contributed by atoms with Crippen LogP contribution in [0.1, 0.15) is 12.7 Å². The molecule has 0 aliphatic carbocycles. The van der Waals surface area contributed by atoms with Gasteiger partial charge in [0.05, 0.1) is 28.3 Å². The van der Waals surface area contributed by atoms with E-state index in [1.54, 1.807) is 6.26 Å². The van der Waals surface area contributed by atoms with Gasteiger partial charge in [0.15, 0.2) is 11.0 Å². The first kappa shape index (κ1) is 18.5. The Morgan fingerprint density at radius 1 is 1.38 bits per heavy atom. The van der Waals surface area contributed by atoms with Crippen molar-refractivity contribution in [3.63, 3.8) is 0 Å². The first-order valence-corrected chi connectivity index (χ1v) is 9.21. The van der Waals surface area contributed by atoms with Gasteiger partial charge in [0.2, 0.25) is 5.91 Å². The van der Waals surface area contributed by atoms with Crippen molar-refractivity contribution in [3.8, 4) is 11.4 Å². The zero-order valence-corrected chi connectivity index (χ0v) is 15.7. The summed E-state index contributed by atoms with van der Waals surface area (Å²) in [6.07, 6.45) is 1.60. The van der Waals surface area contributed by atoms with Crippen LogP contribution in [0.5, 0.6) is 0 Å². The summed E-state index contributed by atoms with van der Waals surface area (Å²) in [5, 5.41) is 11.8. The number of hydrogen-bond acceptors (Lipinski definition) is 5. The largest absolute Gasteiger partial charge is 0.469 e. The highest BCUT2D eigenvalue weighted by Crippen LogP contribution is 2.27. The molecule has 2 heterocycles. The molecule has 1 N–H and O–H groups in total. The van der Waals surface area contributed by atoms with E-state index in [4.69, 9.17) is 16.0 Å². The van der Waals surface area contributed by atoms with Gasteiger partial charge in [-0.15, -0.1) is 10.2 Å².